The Morgan fingerprint density at radius 2 is 1.93 bits per heavy atom. The summed E-state index contributed by atoms with van der Waals surface area (Å²) in [6, 6.07) is 4.01. The summed E-state index contributed by atoms with van der Waals surface area (Å²) in [5, 5.41) is 15.9. The van der Waals surface area contributed by atoms with E-state index in [2.05, 4.69) is 15.6 Å². The van der Waals surface area contributed by atoms with E-state index in [9.17, 15) is 24.3 Å². The van der Waals surface area contributed by atoms with Crippen LogP contribution in [0.4, 0.5) is 4.79 Å². The molecule has 3 heterocycles. The van der Waals surface area contributed by atoms with Crippen molar-refractivity contribution in [2.75, 3.05) is 25.2 Å². The number of hydrogen-bond acceptors (Lipinski definition) is 9. The Labute approximate surface area is 267 Å². The molecule has 0 radical (unpaired) electrons. The van der Waals surface area contributed by atoms with Crippen molar-refractivity contribution in [3.8, 4) is 11.5 Å². The minimum atomic E-state index is -1.15. The number of carboxylic acid groups (broad SMARTS) is 1. The third-order valence-corrected chi connectivity index (χ3v) is 8.49. The van der Waals surface area contributed by atoms with Crippen LogP contribution < -0.4 is 20.1 Å². The third-order valence-electron chi connectivity index (χ3n) is 7.40. The van der Waals surface area contributed by atoms with Gasteiger partial charge in [0.25, 0.3) is 0 Å². The topological polar surface area (TPSA) is 156 Å². The van der Waals surface area contributed by atoms with E-state index in [1.165, 1.54) is 16.7 Å². The Morgan fingerprint density at radius 3 is 2.67 bits per heavy atom. The van der Waals surface area contributed by atoms with Crippen LogP contribution in [0.3, 0.4) is 0 Å². The first-order chi connectivity index (χ1) is 21.4. The van der Waals surface area contributed by atoms with E-state index in [-0.39, 0.29) is 18.7 Å². The maximum absolute atomic E-state index is 14.1. The van der Waals surface area contributed by atoms with Crippen molar-refractivity contribution in [2.24, 2.45) is 0 Å². The summed E-state index contributed by atoms with van der Waals surface area (Å²) in [5.74, 6) is -0.154. The maximum atomic E-state index is 14.1. The zero-order valence-corrected chi connectivity index (χ0v) is 26.9. The normalized spacial score (nSPS) is 24.3. The summed E-state index contributed by atoms with van der Waals surface area (Å²) in [6.45, 7) is 5.25. The summed E-state index contributed by atoms with van der Waals surface area (Å²) in [7, 11) is 1.57. The number of methoxy groups -OCH3 is 1. The van der Waals surface area contributed by atoms with Crippen LogP contribution in [0.25, 0.3) is 10.9 Å². The van der Waals surface area contributed by atoms with Crippen LogP contribution in [0.5, 0.6) is 11.5 Å². The molecular weight excluding hydrogens is 600 g/mol. The molecule has 1 aromatic heterocycles. The molecule has 4 atom stereocenters. The van der Waals surface area contributed by atoms with Crippen molar-refractivity contribution >= 4 is 46.5 Å². The second kappa shape index (κ2) is 15.3. The van der Waals surface area contributed by atoms with E-state index in [0.29, 0.717) is 42.0 Å². The number of aliphatic carboxylic acids is 1. The highest BCUT2D eigenvalue weighted by Gasteiger charge is 2.44. The number of pyridine rings is 1. The first-order valence-corrected chi connectivity index (χ1v) is 16.3. The van der Waals surface area contributed by atoms with Gasteiger partial charge < -0.3 is 34.9 Å². The number of nitrogens with zero attached hydrogens (tertiary/aromatic N) is 2. The lowest BCUT2D eigenvalue weighted by Gasteiger charge is -2.30. The molecule has 2 aliphatic rings. The molecule has 2 aliphatic heterocycles. The first-order valence-electron chi connectivity index (χ1n) is 15.1. The van der Waals surface area contributed by atoms with Crippen molar-refractivity contribution in [3.63, 3.8) is 0 Å². The molecule has 1 fully saturated rings. The highest BCUT2D eigenvalue weighted by Crippen LogP contribution is 2.31. The van der Waals surface area contributed by atoms with Crippen molar-refractivity contribution in [1.82, 2.24) is 20.5 Å². The summed E-state index contributed by atoms with van der Waals surface area (Å²) in [5.41, 5.74) is -0.119. The smallest absolute Gasteiger partial charge is 0.408 e. The largest absolute Gasteiger partial charge is 0.497 e. The highest BCUT2D eigenvalue weighted by atomic mass is 32.2. The lowest BCUT2D eigenvalue weighted by Crippen LogP contribution is -2.56. The van der Waals surface area contributed by atoms with Gasteiger partial charge in [-0.1, -0.05) is 12.2 Å². The van der Waals surface area contributed by atoms with Gasteiger partial charge in [-0.2, -0.15) is 11.8 Å². The molecule has 0 unspecified atom stereocenters. The average molecular weight is 643 g/mol. The second-order valence-corrected chi connectivity index (χ2v) is 13.2. The molecule has 244 valence electrons. The van der Waals surface area contributed by atoms with Gasteiger partial charge in [-0.15, -0.1) is 0 Å². The van der Waals surface area contributed by atoms with Crippen molar-refractivity contribution in [2.45, 2.75) is 82.7 Å². The minimum absolute atomic E-state index is 0.0514. The van der Waals surface area contributed by atoms with Crippen molar-refractivity contribution in [3.05, 3.63) is 42.6 Å². The predicted molar refractivity (Wildman–Crippen MR) is 170 cm³/mol. The van der Waals surface area contributed by atoms with Crippen molar-refractivity contribution < 1.29 is 38.5 Å². The molecule has 0 bridgehead atoms. The fourth-order valence-corrected chi connectivity index (χ4v) is 6.19. The van der Waals surface area contributed by atoms with E-state index in [0.717, 1.165) is 11.8 Å². The number of aromatic nitrogens is 1. The highest BCUT2D eigenvalue weighted by molar-refractivity contribution is 7.99. The van der Waals surface area contributed by atoms with Crippen LogP contribution in [0.2, 0.25) is 0 Å². The maximum Gasteiger partial charge on any atom is 0.408 e. The zero-order valence-electron chi connectivity index (χ0n) is 26.1. The van der Waals surface area contributed by atoms with E-state index < -0.39 is 53.7 Å². The van der Waals surface area contributed by atoms with Gasteiger partial charge in [0.2, 0.25) is 11.8 Å². The number of nitrogens with one attached hydrogen (secondary N) is 2. The predicted octanol–water partition coefficient (Wildman–Crippen LogP) is 3.92. The molecule has 1 saturated heterocycles. The Bertz CT molecular complexity index is 1410. The molecule has 4 rings (SSSR count). The monoisotopic (exact) mass is 642 g/mol. The van der Waals surface area contributed by atoms with Crippen LogP contribution in [-0.4, -0.2) is 93.9 Å². The number of carbonyl (C=O) groups excluding carboxylic acids is 3. The molecule has 3 amide bonds. The van der Waals surface area contributed by atoms with E-state index in [1.54, 1.807) is 52.3 Å². The van der Waals surface area contributed by atoms with Gasteiger partial charge in [0, 0.05) is 29.8 Å². The fourth-order valence-electron chi connectivity index (χ4n) is 5.26. The number of hydrogen-bond donors (Lipinski definition) is 3. The van der Waals surface area contributed by atoms with Gasteiger partial charge in [0.05, 0.1) is 19.2 Å². The van der Waals surface area contributed by atoms with E-state index in [4.69, 9.17) is 14.2 Å². The molecule has 12 nitrogen and oxygen atoms in total. The molecule has 3 N–H and O–H groups in total. The zero-order chi connectivity index (χ0) is 32.6. The standard InChI is InChI=1S/C32H42N4O8S/c1-32(2,3)44-31(41)35-23-10-8-6-5-7-9-15-45-19-25(30(39)40)34-28(37)26-17-21(18-36(26)29(23)38)43-27-13-14-33-24-16-20(42-4)11-12-22(24)27/h5,7,11-14,16,21,23,25-26H,6,8-10,15,17-19H2,1-4H3,(H,34,37)(H,35,41)(H,39,40)/b7-5+/t21-,23+,25+,26+/m1/s1. The number of rotatable bonds is 5. The van der Waals surface area contributed by atoms with Gasteiger partial charge >= 0.3 is 12.1 Å². The van der Waals surface area contributed by atoms with E-state index in [1.807, 2.05) is 18.2 Å². The van der Waals surface area contributed by atoms with Crippen molar-refractivity contribution in [1.29, 1.82) is 0 Å². The van der Waals surface area contributed by atoms with Gasteiger partial charge in [-0.3, -0.25) is 14.6 Å². The number of amides is 3. The minimum Gasteiger partial charge on any atom is -0.497 e. The number of ether oxygens (including phenoxy) is 3. The summed E-state index contributed by atoms with van der Waals surface area (Å²) in [6.07, 6.45) is 6.82. The quantitative estimate of drug-likeness (QED) is 0.409. The van der Waals surface area contributed by atoms with Crippen LogP contribution in [0, 0.1) is 0 Å². The van der Waals surface area contributed by atoms with E-state index >= 15 is 0 Å². The number of alkyl carbamates (subject to hydrolysis) is 1. The molecule has 45 heavy (non-hydrogen) atoms. The average Bonchev–Trinajstić information content (AvgIpc) is 3.40. The second-order valence-electron chi connectivity index (χ2n) is 12.0. The summed E-state index contributed by atoms with van der Waals surface area (Å²) < 4.78 is 17.1. The summed E-state index contributed by atoms with van der Waals surface area (Å²) in [4.78, 5) is 58.4. The Kier molecular flexibility index (Phi) is 11.5. The Balaban J connectivity index is 1.63. The van der Waals surface area contributed by atoms with Crippen LogP contribution >= 0.6 is 11.8 Å². The molecule has 2 aromatic rings. The SMILES string of the molecule is COc1ccc2c(O[C@@H]3C[C@H]4C(=O)N[C@H](C(=O)O)CSCC/C=C/CCC[C@H](NC(=O)OC(C)(C)C)C(=O)N4C3)ccnc2c1. The lowest BCUT2D eigenvalue weighted by molar-refractivity contribution is -0.143. The molecule has 1 aromatic carbocycles. The Hall–Kier alpha value is -4.00. The van der Waals surface area contributed by atoms with Crippen LogP contribution in [-0.2, 0) is 19.1 Å². The van der Waals surface area contributed by atoms with Gasteiger partial charge in [0.15, 0.2) is 0 Å². The number of carboxylic acids is 1. The fraction of sp³-hybridized carbons (Fsp3) is 0.531. The first kappa shape index (κ1) is 33.9. The number of thioether (sulfide) groups is 1. The number of carbonyl (C=O) groups is 4. The molecule has 0 saturated carbocycles. The number of benzene rings is 1. The lowest BCUT2D eigenvalue weighted by atomic mass is 10.1. The number of allylic oxidation sites excluding steroid dienone is 2. The summed E-state index contributed by atoms with van der Waals surface area (Å²) >= 11 is 1.44. The molecule has 13 heteroatoms. The third kappa shape index (κ3) is 9.49. The van der Waals surface area contributed by atoms with Gasteiger partial charge in [-0.05, 0) is 70.4 Å². The molecular formula is C32H42N4O8S. The number of fused-ring (bicyclic) bond motifs is 2. The van der Waals surface area contributed by atoms with Crippen LogP contribution in [0.1, 0.15) is 52.9 Å². The molecule has 0 aliphatic carbocycles. The van der Waals surface area contributed by atoms with Gasteiger partial charge in [-0.25, -0.2) is 9.59 Å². The molecule has 0 spiro atoms. The van der Waals surface area contributed by atoms with Crippen LogP contribution in [0.15, 0.2) is 42.6 Å². The Morgan fingerprint density at radius 1 is 1.16 bits per heavy atom. The van der Waals surface area contributed by atoms with Gasteiger partial charge in [0.1, 0.15) is 41.3 Å².